The molecule has 0 amide bonds. The molecule has 0 saturated carbocycles. The molecule has 0 aliphatic heterocycles. The van der Waals surface area contributed by atoms with Gasteiger partial charge in [-0.2, -0.15) is 0 Å². The van der Waals surface area contributed by atoms with Crippen LogP contribution < -0.4 is 20.7 Å². The highest BCUT2D eigenvalue weighted by Crippen LogP contribution is 2.43. The van der Waals surface area contributed by atoms with Gasteiger partial charge >= 0.3 is 0 Å². The first-order chi connectivity index (χ1) is 28.3. The minimum Gasteiger partial charge on any atom is -0.309 e. The Labute approximate surface area is 335 Å². The Morgan fingerprint density at radius 2 is 0.825 bits per heavy atom. The third kappa shape index (κ3) is 4.67. The van der Waals surface area contributed by atoms with Gasteiger partial charge in [0.1, 0.15) is 0 Å². The van der Waals surface area contributed by atoms with E-state index in [0.717, 1.165) is 0 Å². The molecule has 0 unspecified atom stereocenters. The summed E-state index contributed by atoms with van der Waals surface area (Å²) >= 11 is 1.91. The van der Waals surface area contributed by atoms with Crippen LogP contribution in [0.25, 0.3) is 80.0 Å². The zero-order chi connectivity index (χ0) is 37.5. The number of benzene rings is 10. The summed E-state index contributed by atoms with van der Waals surface area (Å²) in [5.41, 5.74) is 3.65. The molecule has 10 aromatic carbocycles. The van der Waals surface area contributed by atoms with Crippen LogP contribution in [0.3, 0.4) is 0 Å². The van der Waals surface area contributed by atoms with Crippen molar-refractivity contribution in [3.05, 3.63) is 212 Å². The number of rotatable bonds is 5. The lowest BCUT2D eigenvalue weighted by Gasteiger charge is -2.35. The highest BCUT2D eigenvalue weighted by molar-refractivity contribution is 7.26. The fourth-order valence-electron chi connectivity index (χ4n) is 9.91. The topological polar surface area (TPSA) is 4.93 Å². The summed E-state index contributed by atoms with van der Waals surface area (Å²) in [5, 5.41) is 18.5. The van der Waals surface area contributed by atoms with Crippen molar-refractivity contribution in [3.8, 4) is 5.69 Å². The molecule has 0 saturated heterocycles. The zero-order valence-electron chi connectivity index (χ0n) is 31.1. The van der Waals surface area contributed by atoms with E-state index in [4.69, 9.17) is 0 Å². The number of nitrogens with zero attached hydrogens (tertiary/aromatic N) is 1. The van der Waals surface area contributed by atoms with Gasteiger partial charge in [-0.25, -0.2) is 0 Å². The largest absolute Gasteiger partial charge is 0.309 e. The molecule has 0 aliphatic rings. The second kappa shape index (κ2) is 12.6. The van der Waals surface area contributed by atoms with E-state index in [2.05, 4.69) is 217 Å². The Morgan fingerprint density at radius 3 is 1.51 bits per heavy atom. The zero-order valence-corrected chi connectivity index (χ0v) is 32.9. The Hall–Kier alpha value is -6.78. The van der Waals surface area contributed by atoms with Crippen LogP contribution in [0.4, 0.5) is 0 Å². The normalized spacial score (nSPS) is 12.2. The van der Waals surface area contributed by atoms with Crippen LogP contribution in [-0.2, 0) is 0 Å². The van der Waals surface area contributed by atoms with Crippen molar-refractivity contribution in [2.24, 2.45) is 0 Å². The van der Waals surface area contributed by atoms with E-state index >= 15 is 0 Å². The van der Waals surface area contributed by atoms with Gasteiger partial charge in [-0.05, 0) is 83.4 Å². The Balaban J connectivity index is 1.18. The van der Waals surface area contributed by atoms with Gasteiger partial charge in [0, 0.05) is 36.6 Å². The summed E-state index contributed by atoms with van der Waals surface area (Å²) in [7, 11) is -2.93. The summed E-state index contributed by atoms with van der Waals surface area (Å²) in [5.74, 6) is 0. The van der Waals surface area contributed by atoms with Crippen LogP contribution in [0.5, 0.6) is 0 Å². The molecule has 0 radical (unpaired) electrons. The standard InChI is InChI=1S/C54H35NSSi/c1-3-17-37(18-4-1)57(38-19-5-2-6-20-38,40-30-31-45-43-24-8-7-22-41(43)42-23-9-10-25-44(42)49(45)35-40)39-21-15-16-36(34-39)55-50-28-13-11-27-48(50)53-51(55)33-32-47-46-26-12-14-29-52(46)56-54(47)53/h1-35H. The first-order valence-corrected chi connectivity index (χ1v) is 22.5. The summed E-state index contributed by atoms with van der Waals surface area (Å²) in [6.07, 6.45) is 0. The van der Waals surface area contributed by atoms with Gasteiger partial charge < -0.3 is 4.57 Å². The average Bonchev–Trinajstić information content (AvgIpc) is 3.84. The van der Waals surface area contributed by atoms with Gasteiger partial charge in [-0.3, -0.25) is 0 Å². The lowest BCUT2D eigenvalue weighted by molar-refractivity contribution is 1.18. The van der Waals surface area contributed by atoms with Gasteiger partial charge in [-0.1, -0.05) is 182 Å². The van der Waals surface area contributed by atoms with Crippen LogP contribution in [0, 0.1) is 0 Å². The molecule has 0 fully saturated rings. The monoisotopic (exact) mass is 757 g/mol. The molecule has 0 atom stereocenters. The Morgan fingerprint density at radius 1 is 0.316 bits per heavy atom. The molecule has 266 valence electrons. The van der Waals surface area contributed by atoms with E-state index in [1.165, 1.54) is 101 Å². The van der Waals surface area contributed by atoms with E-state index < -0.39 is 8.07 Å². The summed E-state index contributed by atoms with van der Waals surface area (Å²) in [6.45, 7) is 0. The smallest absolute Gasteiger partial charge is 0.179 e. The summed E-state index contributed by atoms with van der Waals surface area (Å²) in [6, 6.07) is 79.8. The van der Waals surface area contributed by atoms with Crippen molar-refractivity contribution in [1.29, 1.82) is 0 Å². The fraction of sp³-hybridized carbons (Fsp3) is 0. The molecule has 0 aliphatic carbocycles. The fourth-order valence-corrected chi connectivity index (χ4v) is 16.0. The van der Waals surface area contributed by atoms with Crippen LogP contribution in [0.2, 0.25) is 0 Å². The SMILES string of the molecule is c1ccc([Si](c2ccccc2)(c2cccc(-n3c4ccccc4c4c5sc6ccccc6c5ccc43)c2)c2ccc3c4ccccc4c4ccccc4c3c2)cc1. The van der Waals surface area contributed by atoms with Crippen molar-refractivity contribution in [2.75, 3.05) is 0 Å². The maximum atomic E-state index is 2.54. The number of fused-ring (bicyclic) bond motifs is 13. The minimum absolute atomic E-state index is 1.18. The third-order valence-corrected chi connectivity index (χ3v) is 18.3. The van der Waals surface area contributed by atoms with Crippen LogP contribution in [0.1, 0.15) is 0 Å². The first-order valence-electron chi connectivity index (χ1n) is 19.7. The molecule has 0 spiro atoms. The Bertz CT molecular complexity index is 3450. The number of hydrogen-bond donors (Lipinski definition) is 0. The molecule has 1 nitrogen and oxygen atoms in total. The maximum absolute atomic E-state index is 2.93. The highest BCUT2D eigenvalue weighted by atomic mass is 32.1. The molecule has 12 aromatic rings. The minimum atomic E-state index is -2.93. The molecule has 2 aromatic heterocycles. The van der Waals surface area contributed by atoms with Crippen LogP contribution >= 0.6 is 11.3 Å². The van der Waals surface area contributed by atoms with E-state index in [9.17, 15) is 0 Å². The molecule has 57 heavy (non-hydrogen) atoms. The number of aromatic nitrogens is 1. The highest BCUT2D eigenvalue weighted by Gasteiger charge is 2.42. The molecule has 3 heteroatoms. The van der Waals surface area contributed by atoms with Gasteiger partial charge in [-0.15, -0.1) is 11.3 Å². The molecule has 12 rings (SSSR count). The molecule has 0 bridgehead atoms. The predicted molar refractivity (Wildman–Crippen MR) is 250 cm³/mol. The second-order valence-electron chi connectivity index (χ2n) is 15.2. The summed E-state index contributed by atoms with van der Waals surface area (Å²) < 4.78 is 5.19. The van der Waals surface area contributed by atoms with Crippen molar-refractivity contribution in [1.82, 2.24) is 4.57 Å². The van der Waals surface area contributed by atoms with E-state index in [0.29, 0.717) is 0 Å². The quantitative estimate of drug-likeness (QED) is 0.0936. The first kappa shape index (κ1) is 32.5. The lowest BCUT2D eigenvalue weighted by Crippen LogP contribution is -2.74. The molecule has 0 N–H and O–H groups in total. The van der Waals surface area contributed by atoms with E-state index in [-0.39, 0.29) is 0 Å². The molecular weight excluding hydrogens is 723 g/mol. The predicted octanol–water partition coefficient (Wildman–Crippen LogP) is 12.0. The van der Waals surface area contributed by atoms with Crippen molar-refractivity contribution in [2.45, 2.75) is 0 Å². The van der Waals surface area contributed by atoms with Crippen molar-refractivity contribution < 1.29 is 0 Å². The lowest BCUT2D eigenvalue weighted by atomic mass is 9.94. The average molecular weight is 758 g/mol. The maximum Gasteiger partial charge on any atom is 0.179 e. The van der Waals surface area contributed by atoms with Crippen molar-refractivity contribution in [3.63, 3.8) is 0 Å². The Kier molecular flexibility index (Phi) is 7.19. The molecule has 2 heterocycles. The van der Waals surface area contributed by atoms with Crippen molar-refractivity contribution >= 4 is 114 Å². The van der Waals surface area contributed by atoms with Gasteiger partial charge in [0.15, 0.2) is 8.07 Å². The van der Waals surface area contributed by atoms with Crippen LogP contribution in [-0.4, -0.2) is 12.6 Å². The second-order valence-corrected chi connectivity index (χ2v) is 20.0. The summed E-state index contributed by atoms with van der Waals surface area (Å²) in [4.78, 5) is 0. The molecular formula is C54H35NSSi. The number of thiophene rings is 1. The van der Waals surface area contributed by atoms with Gasteiger partial charge in [0.2, 0.25) is 0 Å². The van der Waals surface area contributed by atoms with Gasteiger partial charge in [0.05, 0.1) is 11.0 Å². The number of para-hydroxylation sites is 1. The van der Waals surface area contributed by atoms with Gasteiger partial charge in [0.25, 0.3) is 0 Å². The number of hydrogen-bond acceptors (Lipinski definition) is 1. The third-order valence-electron chi connectivity index (χ3n) is 12.3. The van der Waals surface area contributed by atoms with E-state index in [1.54, 1.807) is 0 Å². The van der Waals surface area contributed by atoms with Crippen LogP contribution in [0.15, 0.2) is 212 Å². The van der Waals surface area contributed by atoms with E-state index in [1.807, 2.05) is 11.3 Å².